The predicted octanol–water partition coefficient (Wildman–Crippen LogP) is 0.804. The molecule has 1 rings (SSSR count). The van der Waals surface area contributed by atoms with Crippen molar-refractivity contribution in [1.82, 2.24) is 5.32 Å². The highest BCUT2D eigenvalue weighted by molar-refractivity contribution is 5.80. The first-order chi connectivity index (χ1) is 6.11. The summed E-state index contributed by atoms with van der Waals surface area (Å²) in [6, 6.07) is 3.11. The van der Waals surface area contributed by atoms with Crippen molar-refractivity contribution < 1.29 is 9.21 Å². The van der Waals surface area contributed by atoms with Crippen LogP contribution in [0.2, 0.25) is 0 Å². The summed E-state index contributed by atoms with van der Waals surface area (Å²) in [6.45, 7) is 3.89. The Morgan fingerprint density at radius 1 is 1.62 bits per heavy atom. The fourth-order valence-corrected chi connectivity index (χ4v) is 1.09. The van der Waals surface area contributed by atoms with Crippen LogP contribution < -0.4 is 11.1 Å². The highest BCUT2D eigenvalue weighted by atomic mass is 16.3. The van der Waals surface area contributed by atoms with Gasteiger partial charge in [0.2, 0.25) is 5.91 Å². The Kier molecular flexibility index (Phi) is 3.08. The number of nitrogens with one attached hydrogen (secondary N) is 1. The van der Waals surface area contributed by atoms with Crippen LogP contribution in [0.1, 0.15) is 25.6 Å². The van der Waals surface area contributed by atoms with Crippen LogP contribution in [0.5, 0.6) is 0 Å². The average molecular weight is 182 g/mol. The maximum absolute atomic E-state index is 11.0. The molecule has 0 aliphatic heterocycles. The van der Waals surface area contributed by atoms with Gasteiger partial charge in [0.25, 0.3) is 0 Å². The maximum atomic E-state index is 11.0. The van der Waals surface area contributed by atoms with Gasteiger partial charge in [0.05, 0.1) is 6.26 Å². The van der Waals surface area contributed by atoms with Gasteiger partial charge in [0.1, 0.15) is 11.8 Å². The molecule has 1 aromatic heterocycles. The largest absolute Gasteiger partial charge is 0.467 e. The Bertz CT molecular complexity index is 267. The smallest absolute Gasteiger partial charge is 0.242 e. The molecule has 1 heterocycles. The van der Waals surface area contributed by atoms with Crippen LogP contribution in [0.15, 0.2) is 22.8 Å². The summed E-state index contributed by atoms with van der Waals surface area (Å²) in [6.07, 6.45) is 1.52. The van der Waals surface area contributed by atoms with Gasteiger partial charge in [-0.3, -0.25) is 10.1 Å². The third-order valence-corrected chi connectivity index (χ3v) is 1.61. The molecule has 0 aliphatic rings. The highest BCUT2D eigenvalue weighted by Gasteiger charge is 2.20. The van der Waals surface area contributed by atoms with Crippen LogP contribution in [0.4, 0.5) is 0 Å². The third kappa shape index (κ3) is 2.59. The summed E-state index contributed by atoms with van der Waals surface area (Å²) in [5.74, 6) is 0.129. The molecule has 0 aliphatic carbocycles. The van der Waals surface area contributed by atoms with Gasteiger partial charge in [0.15, 0.2) is 0 Å². The maximum Gasteiger partial charge on any atom is 0.242 e. The normalized spacial score (nSPS) is 13.2. The lowest BCUT2D eigenvalue weighted by Crippen LogP contribution is -2.37. The molecule has 0 spiro atoms. The fraction of sp³-hybridized carbons (Fsp3) is 0.444. The number of amides is 1. The summed E-state index contributed by atoms with van der Waals surface area (Å²) in [7, 11) is 0. The van der Waals surface area contributed by atoms with Gasteiger partial charge < -0.3 is 10.2 Å². The molecule has 72 valence electrons. The highest BCUT2D eigenvalue weighted by Crippen LogP contribution is 2.13. The van der Waals surface area contributed by atoms with E-state index in [1.807, 2.05) is 13.8 Å². The molecule has 0 aromatic carbocycles. The van der Waals surface area contributed by atoms with Gasteiger partial charge >= 0.3 is 0 Å². The summed E-state index contributed by atoms with van der Waals surface area (Å²) in [4.78, 5) is 11.0. The Morgan fingerprint density at radius 2 is 2.31 bits per heavy atom. The van der Waals surface area contributed by atoms with Gasteiger partial charge in [-0.2, -0.15) is 0 Å². The van der Waals surface area contributed by atoms with Crippen molar-refractivity contribution in [2.45, 2.75) is 25.9 Å². The van der Waals surface area contributed by atoms with Crippen LogP contribution in [0.25, 0.3) is 0 Å². The van der Waals surface area contributed by atoms with E-state index in [1.54, 1.807) is 12.1 Å². The zero-order valence-corrected chi connectivity index (χ0v) is 7.78. The molecule has 4 heteroatoms. The van der Waals surface area contributed by atoms with Gasteiger partial charge in [-0.15, -0.1) is 0 Å². The molecule has 3 N–H and O–H groups in total. The number of nitrogens with two attached hydrogens (primary N) is 1. The van der Waals surface area contributed by atoms with Crippen molar-refractivity contribution in [3.8, 4) is 0 Å². The molecular weight excluding hydrogens is 168 g/mol. The number of rotatable bonds is 4. The van der Waals surface area contributed by atoms with E-state index in [4.69, 9.17) is 10.2 Å². The van der Waals surface area contributed by atoms with E-state index < -0.39 is 11.9 Å². The molecule has 0 saturated carbocycles. The summed E-state index contributed by atoms with van der Waals surface area (Å²) < 4.78 is 5.09. The molecule has 4 nitrogen and oxygen atoms in total. The molecule has 1 unspecified atom stereocenters. The predicted molar refractivity (Wildman–Crippen MR) is 48.9 cm³/mol. The third-order valence-electron chi connectivity index (χ3n) is 1.61. The topological polar surface area (TPSA) is 68.3 Å². The second kappa shape index (κ2) is 4.09. The number of furan rings is 1. The lowest BCUT2D eigenvalue weighted by Gasteiger charge is -2.15. The van der Waals surface area contributed by atoms with Gasteiger partial charge in [0, 0.05) is 6.04 Å². The van der Waals surface area contributed by atoms with Crippen molar-refractivity contribution in [2.24, 2.45) is 5.73 Å². The van der Waals surface area contributed by atoms with E-state index in [0.29, 0.717) is 5.76 Å². The molecular formula is C9H14N2O2. The average Bonchev–Trinajstić information content (AvgIpc) is 2.50. The molecule has 0 fully saturated rings. The number of hydrogen-bond acceptors (Lipinski definition) is 3. The van der Waals surface area contributed by atoms with Crippen LogP contribution in [-0.2, 0) is 4.79 Å². The lowest BCUT2D eigenvalue weighted by molar-refractivity contribution is -0.120. The van der Waals surface area contributed by atoms with Crippen LogP contribution in [0, 0.1) is 0 Å². The lowest BCUT2D eigenvalue weighted by atomic mass is 10.2. The van der Waals surface area contributed by atoms with Crippen LogP contribution in [-0.4, -0.2) is 11.9 Å². The van der Waals surface area contributed by atoms with E-state index in [0.717, 1.165) is 0 Å². The quantitative estimate of drug-likeness (QED) is 0.723. The van der Waals surface area contributed by atoms with E-state index in [1.165, 1.54) is 6.26 Å². The second-order valence-corrected chi connectivity index (χ2v) is 3.17. The monoisotopic (exact) mass is 182 g/mol. The van der Waals surface area contributed by atoms with Crippen molar-refractivity contribution in [1.29, 1.82) is 0 Å². The Labute approximate surface area is 77.1 Å². The van der Waals surface area contributed by atoms with Crippen molar-refractivity contribution in [3.63, 3.8) is 0 Å². The van der Waals surface area contributed by atoms with E-state index in [-0.39, 0.29) is 6.04 Å². The zero-order chi connectivity index (χ0) is 9.84. The first-order valence-electron chi connectivity index (χ1n) is 4.20. The summed E-state index contributed by atoms with van der Waals surface area (Å²) in [5.41, 5.74) is 5.21. The first-order valence-corrected chi connectivity index (χ1v) is 4.20. The molecule has 1 atom stereocenters. The fourth-order valence-electron chi connectivity index (χ4n) is 1.09. The Morgan fingerprint density at radius 3 is 2.69 bits per heavy atom. The number of carbonyl (C=O) groups excluding carboxylic acids is 1. The molecule has 0 saturated heterocycles. The van der Waals surface area contributed by atoms with Gasteiger partial charge in [-0.25, -0.2) is 0 Å². The standard InChI is InChI=1S/C9H14N2O2/c1-6(2)11-8(9(10)12)7-4-3-5-13-7/h3-6,8,11H,1-2H3,(H2,10,12). The minimum atomic E-state index is -0.532. The molecule has 13 heavy (non-hydrogen) atoms. The second-order valence-electron chi connectivity index (χ2n) is 3.17. The minimum Gasteiger partial charge on any atom is -0.467 e. The summed E-state index contributed by atoms with van der Waals surface area (Å²) in [5, 5.41) is 3.01. The van der Waals surface area contributed by atoms with Crippen molar-refractivity contribution >= 4 is 5.91 Å². The first kappa shape index (κ1) is 9.80. The van der Waals surface area contributed by atoms with E-state index in [9.17, 15) is 4.79 Å². The molecule has 1 aromatic rings. The minimum absolute atomic E-state index is 0.183. The van der Waals surface area contributed by atoms with Crippen molar-refractivity contribution in [3.05, 3.63) is 24.2 Å². The van der Waals surface area contributed by atoms with Crippen molar-refractivity contribution in [2.75, 3.05) is 0 Å². The Hall–Kier alpha value is -1.29. The SMILES string of the molecule is CC(C)NC(C(N)=O)c1ccco1. The summed E-state index contributed by atoms with van der Waals surface area (Å²) >= 11 is 0. The Balaban J connectivity index is 2.75. The molecule has 0 radical (unpaired) electrons. The molecule has 1 amide bonds. The number of primary amides is 1. The van der Waals surface area contributed by atoms with Gasteiger partial charge in [-0.05, 0) is 26.0 Å². The van der Waals surface area contributed by atoms with E-state index >= 15 is 0 Å². The number of hydrogen-bond donors (Lipinski definition) is 2. The van der Waals surface area contributed by atoms with Crippen LogP contribution in [0.3, 0.4) is 0 Å². The van der Waals surface area contributed by atoms with Gasteiger partial charge in [-0.1, -0.05) is 0 Å². The number of carbonyl (C=O) groups is 1. The van der Waals surface area contributed by atoms with Crippen LogP contribution >= 0.6 is 0 Å². The molecule has 0 bridgehead atoms. The van der Waals surface area contributed by atoms with E-state index in [2.05, 4.69) is 5.32 Å². The zero-order valence-electron chi connectivity index (χ0n) is 7.78.